The molecule has 1 aliphatic rings. The minimum atomic E-state index is -0.739. The number of hydrogen-bond acceptors (Lipinski definition) is 4. The van der Waals surface area contributed by atoms with Crippen LogP contribution < -0.4 is 0 Å². The maximum absolute atomic E-state index is 13.1. The Balaban J connectivity index is 1.86. The molecule has 5 nitrogen and oxygen atoms in total. The minimum absolute atomic E-state index is 0.0468. The van der Waals surface area contributed by atoms with E-state index in [0.29, 0.717) is 22.2 Å². The Hall–Kier alpha value is -3.44. The van der Waals surface area contributed by atoms with Gasteiger partial charge in [0, 0.05) is 16.8 Å². The Morgan fingerprint density at radius 3 is 2.44 bits per heavy atom. The van der Waals surface area contributed by atoms with Gasteiger partial charge in [0.05, 0.1) is 23.9 Å². The third-order valence-corrected chi connectivity index (χ3v) is 5.85. The number of carbonyl (C=O) groups is 2. The summed E-state index contributed by atoms with van der Waals surface area (Å²) < 4.78 is 0. The van der Waals surface area contributed by atoms with E-state index in [1.807, 2.05) is 30.3 Å². The molecule has 0 radical (unpaired) electrons. The Bertz CT molecular complexity index is 1190. The number of likely N-dealkylation sites (tertiary alicyclic amines) is 1. The maximum atomic E-state index is 13.1. The zero-order chi connectivity index (χ0) is 22.8. The highest BCUT2D eigenvalue weighted by molar-refractivity contribution is 6.46. The van der Waals surface area contributed by atoms with Crippen molar-refractivity contribution in [1.29, 1.82) is 0 Å². The molecule has 3 aromatic rings. The number of Topliss-reactive ketones (excluding diaryl/α,β-unsaturated/α-hetero) is 1. The van der Waals surface area contributed by atoms with Gasteiger partial charge in [0.1, 0.15) is 5.76 Å². The summed E-state index contributed by atoms with van der Waals surface area (Å²) in [6.45, 7) is 4.34. The first-order chi connectivity index (χ1) is 15.4. The summed E-state index contributed by atoms with van der Waals surface area (Å²) in [5, 5.41) is 11.5. The van der Waals surface area contributed by atoms with Gasteiger partial charge in [0.25, 0.3) is 11.7 Å². The molecule has 6 heteroatoms. The number of aliphatic hydroxyl groups excluding tert-OH is 1. The lowest BCUT2D eigenvalue weighted by Crippen LogP contribution is -2.29. The number of aromatic nitrogens is 1. The summed E-state index contributed by atoms with van der Waals surface area (Å²) in [6.07, 6.45) is 1.64. The average Bonchev–Trinajstić information content (AvgIpc) is 3.04. The second-order valence-electron chi connectivity index (χ2n) is 8.08. The molecule has 1 aromatic heterocycles. The highest BCUT2D eigenvalue weighted by Gasteiger charge is 2.46. The predicted octanol–water partition coefficient (Wildman–Crippen LogP) is 5.48. The van der Waals surface area contributed by atoms with Crippen LogP contribution in [0, 0.1) is 0 Å². The van der Waals surface area contributed by atoms with E-state index in [2.05, 4.69) is 18.8 Å². The number of aliphatic hydroxyl groups is 1. The van der Waals surface area contributed by atoms with Gasteiger partial charge in [-0.15, -0.1) is 0 Å². The molecule has 0 saturated carbocycles. The van der Waals surface area contributed by atoms with Gasteiger partial charge in [-0.1, -0.05) is 67.9 Å². The Morgan fingerprint density at radius 2 is 1.81 bits per heavy atom. The van der Waals surface area contributed by atoms with E-state index in [0.717, 1.165) is 11.1 Å². The van der Waals surface area contributed by atoms with Crippen LogP contribution in [0.5, 0.6) is 0 Å². The molecule has 0 aliphatic carbocycles. The number of hydrogen-bond donors (Lipinski definition) is 1. The molecule has 2 aromatic carbocycles. The third-order valence-electron chi connectivity index (χ3n) is 5.62. The van der Waals surface area contributed by atoms with Crippen molar-refractivity contribution in [2.45, 2.75) is 32.4 Å². The van der Waals surface area contributed by atoms with Crippen molar-refractivity contribution >= 4 is 29.1 Å². The van der Waals surface area contributed by atoms with Gasteiger partial charge in [0.2, 0.25) is 0 Å². The van der Waals surface area contributed by atoms with E-state index in [1.165, 1.54) is 4.90 Å². The molecule has 4 rings (SSSR count). The first-order valence-electron chi connectivity index (χ1n) is 10.4. The van der Waals surface area contributed by atoms with Crippen LogP contribution in [0.4, 0.5) is 0 Å². The number of ketones is 1. The number of rotatable bonds is 5. The van der Waals surface area contributed by atoms with Gasteiger partial charge >= 0.3 is 0 Å². The molecule has 2 heterocycles. The summed E-state index contributed by atoms with van der Waals surface area (Å²) in [6, 6.07) is 19.1. The summed E-state index contributed by atoms with van der Waals surface area (Å²) in [7, 11) is 0. The smallest absolute Gasteiger partial charge is 0.296 e. The van der Waals surface area contributed by atoms with Crippen LogP contribution in [0.25, 0.3) is 5.76 Å². The van der Waals surface area contributed by atoms with Crippen molar-refractivity contribution < 1.29 is 14.7 Å². The summed E-state index contributed by atoms with van der Waals surface area (Å²) >= 11 is 6.09. The van der Waals surface area contributed by atoms with Crippen LogP contribution in [-0.2, 0) is 16.1 Å². The number of nitrogens with zero attached hydrogens (tertiary/aromatic N) is 2. The SMILES string of the molecule is CC(C)c1ccc(C2/C(=C(/O)c3cccc(Cl)c3)C(=O)C(=O)N2Cc2ccccn2)cc1. The van der Waals surface area contributed by atoms with Gasteiger partial charge < -0.3 is 10.0 Å². The van der Waals surface area contributed by atoms with Crippen LogP contribution in [0.2, 0.25) is 5.02 Å². The van der Waals surface area contributed by atoms with Crippen molar-refractivity contribution in [2.24, 2.45) is 0 Å². The average molecular weight is 447 g/mol. The second-order valence-corrected chi connectivity index (χ2v) is 8.52. The molecule has 1 amide bonds. The van der Waals surface area contributed by atoms with Crippen molar-refractivity contribution in [2.75, 3.05) is 0 Å². The van der Waals surface area contributed by atoms with Crippen LogP contribution in [0.15, 0.2) is 78.5 Å². The number of carbonyl (C=O) groups excluding carboxylic acids is 2. The molecule has 1 fully saturated rings. The topological polar surface area (TPSA) is 70.5 Å². The number of pyridine rings is 1. The van der Waals surface area contributed by atoms with E-state index >= 15 is 0 Å². The van der Waals surface area contributed by atoms with Gasteiger partial charge in [-0.05, 0) is 41.3 Å². The fourth-order valence-corrected chi connectivity index (χ4v) is 4.10. The molecule has 1 aliphatic heterocycles. The zero-order valence-corrected chi connectivity index (χ0v) is 18.6. The van der Waals surface area contributed by atoms with E-state index in [-0.39, 0.29) is 17.9 Å². The van der Waals surface area contributed by atoms with Gasteiger partial charge in [-0.3, -0.25) is 14.6 Å². The normalized spacial score (nSPS) is 17.9. The first kappa shape index (κ1) is 21.8. The van der Waals surface area contributed by atoms with Crippen LogP contribution >= 0.6 is 11.6 Å². The fourth-order valence-electron chi connectivity index (χ4n) is 3.91. The molecule has 1 atom stereocenters. The molecule has 32 heavy (non-hydrogen) atoms. The molecule has 0 bridgehead atoms. The second kappa shape index (κ2) is 8.97. The van der Waals surface area contributed by atoms with Gasteiger partial charge in [-0.25, -0.2) is 0 Å². The van der Waals surface area contributed by atoms with Crippen LogP contribution in [0.1, 0.15) is 48.2 Å². The lowest BCUT2D eigenvalue weighted by atomic mass is 9.93. The van der Waals surface area contributed by atoms with Gasteiger partial charge in [0.15, 0.2) is 0 Å². The van der Waals surface area contributed by atoms with Crippen LogP contribution in [0.3, 0.4) is 0 Å². The van der Waals surface area contributed by atoms with Crippen molar-refractivity contribution in [1.82, 2.24) is 9.88 Å². The van der Waals surface area contributed by atoms with E-state index in [4.69, 9.17) is 11.6 Å². The van der Waals surface area contributed by atoms with E-state index in [1.54, 1.807) is 42.6 Å². The highest BCUT2D eigenvalue weighted by Crippen LogP contribution is 2.40. The first-order valence-corrected chi connectivity index (χ1v) is 10.8. The lowest BCUT2D eigenvalue weighted by Gasteiger charge is -2.25. The summed E-state index contributed by atoms with van der Waals surface area (Å²) in [4.78, 5) is 31.9. The predicted molar refractivity (Wildman–Crippen MR) is 124 cm³/mol. The van der Waals surface area contributed by atoms with Crippen molar-refractivity contribution in [3.8, 4) is 0 Å². The van der Waals surface area contributed by atoms with Crippen molar-refractivity contribution in [3.63, 3.8) is 0 Å². The standard InChI is InChI=1S/C26H23ClN2O3/c1-16(2)17-9-11-18(12-10-17)23-22(24(30)19-6-5-7-20(27)14-19)25(31)26(32)29(23)15-21-8-3-4-13-28-21/h3-14,16,23,30H,15H2,1-2H3/b24-22-. The molecule has 162 valence electrons. The molecule has 1 saturated heterocycles. The van der Waals surface area contributed by atoms with E-state index in [9.17, 15) is 14.7 Å². The molecular weight excluding hydrogens is 424 g/mol. The quantitative estimate of drug-likeness (QED) is 0.320. The zero-order valence-electron chi connectivity index (χ0n) is 17.8. The number of amides is 1. The molecule has 1 unspecified atom stereocenters. The Labute approximate surface area is 192 Å². The maximum Gasteiger partial charge on any atom is 0.296 e. The lowest BCUT2D eigenvalue weighted by molar-refractivity contribution is -0.140. The van der Waals surface area contributed by atoms with Gasteiger partial charge in [-0.2, -0.15) is 0 Å². The largest absolute Gasteiger partial charge is 0.507 e. The molecule has 1 N–H and O–H groups in total. The Morgan fingerprint density at radius 1 is 1.06 bits per heavy atom. The van der Waals surface area contributed by atoms with Crippen molar-refractivity contribution in [3.05, 3.63) is 106 Å². The minimum Gasteiger partial charge on any atom is -0.507 e. The number of benzene rings is 2. The summed E-state index contributed by atoms with van der Waals surface area (Å²) in [5.74, 6) is -1.30. The number of halogens is 1. The molecular formula is C26H23ClN2O3. The highest BCUT2D eigenvalue weighted by atomic mass is 35.5. The van der Waals surface area contributed by atoms with Crippen LogP contribution in [-0.4, -0.2) is 26.7 Å². The third kappa shape index (κ3) is 4.16. The Kier molecular flexibility index (Phi) is 6.10. The fraction of sp³-hybridized carbons (Fsp3) is 0.192. The molecule has 0 spiro atoms. The monoisotopic (exact) mass is 446 g/mol. The van der Waals surface area contributed by atoms with E-state index < -0.39 is 17.7 Å². The summed E-state index contributed by atoms with van der Waals surface area (Å²) in [5.41, 5.74) is 2.97.